The van der Waals surface area contributed by atoms with Gasteiger partial charge < -0.3 is 10.2 Å². The molecule has 0 aliphatic heterocycles. The fraction of sp³-hybridized carbons (Fsp3) is 0.467. The van der Waals surface area contributed by atoms with Gasteiger partial charge in [0.25, 0.3) is 5.91 Å². The zero-order valence-corrected chi connectivity index (χ0v) is 12.4. The number of carbonyl (C=O) groups is 1. The van der Waals surface area contributed by atoms with Crippen LogP contribution < -0.4 is 5.32 Å². The number of nitrogens with zero attached hydrogens (tertiary/aromatic N) is 3. The number of fused-ring (bicyclic) bond motifs is 1. The van der Waals surface area contributed by atoms with E-state index in [-0.39, 0.29) is 5.91 Å². The first kappa shape index (κ1) is 14.5. The third kappa shape index (κ3) is 3.17. The molecule has 108 valence electrons. The van der Waals surface area contributed by atoms with Gasteiger partial charge in [0.1, 0.15) is 11.3 Å². The molecule has 0 aromatic carbocycles. The molecule has 0 atom stereocenters. The molecular weight excluding hydrogens is 252 g/mol. The Morgan fingerprint density at radius 3 is 2.90 bits per heavy atom. The maximum absolute atomic E-state index is 12.4. The van der Waals surface area contributed by atoms with Crippen LogP contribution in [0.1, 0.15) is 29.5 Å². The summed E-state index contributed by atoms with van der Waals surface area (Å²) in [6.45, 7) is 3.67. The Morgan fingerprint density at radius 2 is 2.20 bits per heavy atom. The minimum absolute atomic E-state index is 0.0423. The van der Waals surface area contributed by atoms with Crippen molar-refractivity contribution in [1.82, 2.24) is 19.6 Å². The lowest BCUT2D eigenvalue weighted by atomic mass is 10.2. The molecular formula is C15H22N4O. The molecule has 0 saturated heterocycles. The van der Waals surface area contributed by atoms with E-state index in [4.69, 9.17) is 0 Å². The van der Waals surface area contributed by atoms with Gasteiger partial charge in [-0.25, -0.2) is 4.98 Å². The van der Waals surface area contributed by atoms with Crippen LogP contribution in [0.2, 0.25) is 0 Å². The highest BCUT2D eigenvalue weighted by atomic mass is 16.1. The maximum atomic E-state index is 12.4. The molecule has 1 N–H and O–H groups in total. The average Bonchev–Trinajstić information content (AvgIpc) is 2.81. The zero-order chi connectivity index (χ0) is 14.5. The lowest BCUT2D eigenvalue weighted by Gasteiger charge is -2.10. The van der Waals surface area contributed by atoms with E-state index in [1.165, 1.54) is 0 Å². The molecule has 2 aromatic rings. The molecule has 5 heteroatoms. The predicted molar refractivity (Wildman–Crippen MR) is 80.1 cm³/mol. The summed E-state index contributed by atoms with van der Waals surface area (Å²) in [5, 5.41) is 2.98. The molecule has 5 nitrogen and oxygen atoms in total. The number of carbonyl (C=O) groups excluding carboxylic acids is 1. The van der Waals surface area contributed by atoms with Gasteiger partial charge in [0, 0.05) is 12.7 Å². The molecule has 0 fully saturated rings. The van der Waals surface area contributed by atoms with Crippen molar-refractivity contribution in [1.29, 1.82) is 0 Å². The van der Waals surface area contributed by atoms with E-state index in [2.05, 4.69) is 15.2 Å². The number of aryl methyl sites for hydroxylation is 1. The molecule has 1 amide bonds. The summed E-state index contributed by atoms with van der Waals surface area (Å²) >= 11 is 0. The fourth-order valence-corrected chi connectivity index (χ4v) is 2.21. The Kier molecular flexibility index (Phi) is 4.74. The molecule has 2 rings (SSSR count). The Morgan fingerprint density at radius 1 is 1.40 bits per heavy atom. The Balaban J connectivity index is 2.12. The summed E-state index contributed by atoms with van der Waals surface area (Å²) in [6.07, 6.45) is 3.58. The van der Waals surface area contributed by atoms with Crippen molar-refractivity contribution in [2.45, 2.75) is 19.8 Å². The quantitative estimate of drug-likeness (QED) is 0.814. The van der Waals surface area contributed by atoms with Gasteiger partial charge in [-0.1, -0.05) is 13.0 Å². The Hall–Kier alpha value is -1.88. The summed E-state index contributed by atoms with van der Waals surface area (Å²) < 4.78 is 1.86. The zero-order valence-electron chi connectivity index (χ0n) is 12.4. The van der Waals surface area contributed by atoms with E-state index in [9.17, 15) is 4.79 Å². The van der Waals surface area contributed by atoms with Crippen LogP contribution in [0.25, 0.3) is 5.65 Å². The van der Waals surface area contributed by atoms with Gasteiger partial charge in [0.05, 0.1) is 5.69 Å². The number of aromatic nitrogens is 2. The summed E-state index contributed by atoms with van der Waals surface area (Å²) in [4.78, 5) is 19.0. The van der Waals surface area contributed by atoms with Crippen molar-refractivity contribution < 1.29 is 4.79 Å². The highest BCUT2D eigenvalue weighted by molar-refractivity contribution is 5.94. The van der Waals surface area contributed by atoms with Crippen LogP contribution in [0.3, 0.4) is 0 Å². The van der Waals surface area contributed by atoms with E-state index >= 15 is 0 Å². The van der Waals surface area contributed by atoms with Crippen LogP contribution in [0.15, 0.2) is 24.4 Å². The number of rotatable bonds is 6. The van der Waals surface area contributed by atoms with Crippen LogP contribution >= 0.6 is 0 Å². The van der Waals surface area contributed by atoms with Crippen LogP contribution in [-0.2, 0) is 6.42 Å². The maximum Gasteiger partial charge on any atom is 0.270 e. The summed E-state index contributed by atoms with van der Waals surface area (Å²) in [7, 11) is 4.06. The van der Waals surface area contributed by atoms with E-state index in [0.717, 1.165) is 30.7 Å². The standard InChI is InChI=1S/C15H22N4O/c1-4-12-14(15(20)16-9-7-10-18(2)3)19-11-6-5-8-13(19)17-12/h5-6,8,11H,4,7,9-10H2,1-3H3,(H,16,20). The van der Waals surface area contributed by atoms with Crippen LogP contribution in [0.5, 0.6) is 0 Å². The normalized spacial score (nSPS) is 11.2. The number of pyridine rings is 1. The molecule has 0 unspecified atom stereocenters. The van der Waals surface area contributed by atoms with E-state index in [1.54, 1.807) is 0 Å². The van der Waals surface area contributed by atoms with Gasteiger partial charge >= 0.3 is 0 Å². The molecule has 0 bridgehead atoms. The topological polar surface area (TPSA) is 49.6 Å². The van der Waals surface area contributed by atoms with Crippen molar-refractivity contribution in [2.75, 3.05) is 27.2 Å². The van der Waals surface area contributed by atoms with Crippen LogP contribution in [0.4, 0.5) is 0 Å². The smallest absolute Gasteiger partial charge is 0.270 e. The highest BCUT2D eigenvalue weighted by Gasteiger charge is 2.17. The lowest BCUT2D eigenvalue weighted by molar-refractivity contribution is 0.0945. The lowest BCUT2D eigenvalue weighted by Crippen LogP contribution is -2.28. The second-order valence-corrected chi connectivity index (χ2v) is 5.10. The van der Waals surface area contributed by atoms with Crippen molar-refractivity contribution in [2.24, 2.45) is 0 Å². The summed E-state index contributed by atoms with van der Waals surface area (Å²) in [5.74, 6) is -0.0423. The van der Waals surface area contributed by atoms with E-state index in [1.807, 2.05) is 49.8 Å². The third-order valence-corrected chi connectivity index (χ3v) is 3.22. The first-order valence-electron chi connectivity index (χ1n) is 7.02. The number of amides is 1. The van der Waals surface area contributed by atoms with Gasteiger partial charge in [0.15, 0.2) is 0 Å². The SMILES string of the molecule is CCc1nc2ccccn2c1C(=O)NCCCN(C)C. The molecule has 0 aliphatic rings. The summed E-state index contributed by atoms with van der Waals surface area (Å²) in [5.41, 5.74) is 2.33. The van der Waals surface area contributed by atoms with E-state index in [0.29, 0.717) is 12.2 Å². The molecule has 0 radical (unpaired) electrons. The molecule has 0 spiro atoms. The molecule has 0 saturated carbocycles. The number of imidazole rings is 1. The first-order chi connectivity index (χ1) is 9.63. The monoisotopic (exact) mass is 274 g/mol. The minimum atomic E-state index is -0.0423. The first-order valence-corrected chi connectivity index (χ1v) is 7.02. The third-order valence-electron chi connectivity index (χ3n) is 3.22. The largest absolute Gasteiger partial charge is 0.351 e. The van der Waals surface area contributed by atoms with Crippen molar-refractivity contribution in [3.05, 3.63) is 35.8 Å². The fourth-order valence-electron chi connectivity index (χ4n) is 2.21. The molecule has 2 aromatic heterocycles. The van der Waals surface area contributed by atoms with Gasteiger partial charge in [-0.3, -0.25) is 9.20 Å². The van der Waals surface area contributed by atoms with Gasteiger partial charge in [-0.05, 0) is 45.6 Å². The van der Waals surface area contributed by atoms with Gasteiger partial charge in [-0.2, -0.15) is 0 Å². The molecule has 20 heavy (non-hydrogen) atoms. The second kappa shape index (κ2) is 6.52. The van der Waals surface area contributed by atoms with Crippen molar-refractivity contribution in [3.63, 3.8) is 0 Å². The van der Waals surface area contributed by atoms with E-state index < -0.39 is 0 Å². The number of nitrogens with one attached hydrogen (secondary N) is 1. The second-order valence-electron chi connectivity index (χ2n) is 5.10. The minimum Gasteiger partial charge on any atom is -0.351 e. The number of hydrogen-bond donors (Lipinski definition) is 1. The molecule has 2 heterocycles. The highest BCUT2D eigenvalue weighted by Crippen LogP contribution is 2.13. The van der Waals surface area contributed by atoms with Gasteiger partial charge in [0.2, 0.25) is 0 Å². The van der Waals surface area contributed by atoms with Crippen LogP contribution in [0, 0.1) is 0 Å². The Bertz CT molecular complexity index is 589. The van der Waals surface area contributed by atoms with Gasteiger partial charge in [-0.15, -0.1) is 0 Å². The molecule has 0 aliphatic carbocycles. The average molecular weight is 274 g/mol. The summed E-state index contributed by atoms with van der Waals surface area (Å²) in [6, 6.07) is 5.76. The van der Waals surface area contributed by atoms with Crippen molar-refractivity contribution in [3.8, 4) is 0 Å². The number of hydrogen-bond acceptors (Lipinski definition) is 3. The Labute approximate surface area is 119 Å². The van der Waals surface area contributed by atoms with Crippen molar-refractivity contribution >= 4 is 11.6 Å². The predicted octanol–water partition coefficient (Wildman–Crippen LogP) is 1.58. The van der Waals surface area contributed by atoms with Crippen LogP contribution in [-0.4, -0.2) is 47.4 Å².